The summed E-state index contributed by atoms with van der Waals surface area (Å²) >= 11 is 0. The van der Waals surface area contributed by atoms with E-state index in [1.165, 1.54) is 25.1 Å². The quantitative estimate of drug-likeness (QED) is 0.378. The summed E-state index contributed by atoms with van der Waals surface area (Å²) in [6.07, 6.45) is 1.64. The summed E-state index contributed by atoms with van der Waals surface area (Å²) in [5.74, 6) is -1.87. The molecule has 0 N–H and O–H groups in total. The fourth-order valence-electron chi connectivity index (χ4n) is 4.62. The number of carbonyl (C=O) groups is 1. The number of aryl methyl sites for hydroxylation is 2. The maximum Gasteiger partial charge on any atom is 0.219 e. The number of amides is 1. The molecule has 0 radical (unpaired) electrons. The molecule has 1 atom stereocenters. The molecule has 184 valence electrons. The zero-order valence-corrected chi connectivity index (χ0v) is 20.1. The second-order valence-electron chi connectivity index (χ2n) is 9.16. The maximum absolute atomic E-state index is 14.8. The molecule has 1 unspecified atom stereocenters. The Hall–Kier alpha value is -3.88. The van der Waals surface area contributed by atoms with Gasteiger partial charge in [-0.25, -0.2) is 33.1 Å². The number of piperidine rings is 1. The minimum Gasteiger partial charge on any atom is -0.342 e. The number of halogens is 3. The molecule has 1 aliphatic rings. The molecule has 0 aliphatic carbocycles. The molecule has 1 saturated heterocycles. The van der Waals surface area contributed by atoms with Gasteiger partial charge in [-0.1, -0.05) is 0 Å². The predicted molar refractivity (Wildman–Crippen MR) is 130 cm³/mol. The molecule has 3 heterocycles. The van der Waals surface area contributed by atoms with Crippen LogP contribution in [0.5, 0.6) is 0 Å². The number of hydrogen-bond donors (Lipinski definition) is 0. The van der Waals surface area contributed by atoms with Crippen LogP contribution in [0.1, 0.15) is 42.6 Å². The maximum atomic E-state index is 14.8. The fraction of sp³-hybridized carbons (Fsp3) is 0.296. The first-order valence-corrected chi connectivity index (χ1v) is 11.7. The van der Waals surface area contributed by atoms with Gasteiger partial charge in [0.2, 0.25) is 5.91 Å². The Morgan fingerprint density at radius 1 is 0.944 bits per heavy atom. The Labute approximate surface area is 206 Å². The number of fused-ring (bicyclic) bond motifs is 1. The van der Waals surface area contributed by atoms with Crippen molar-refractivity contribution in [3.8, 4) is 22.6 Å². The minimum atomic E-state index is -0.799. The van der Waals surface area contributed by atoms with Crippen molar-refractivity contribution in [1.29, 1.82) is 0 Å². The van der Waals surface area contributed by atoms with Crippen LogP contribution >= 0.6 is 0 Å². The highest BCUT2D eigenvalue weighted by Gasteiger charge is 2.25. The van der Waals surface area contributed by atoms with Gasteiger partial charge in [0.15, 0.2) is 11.5 Å². The van der Waals surface area contributed by atoms with E-state index in [1.54, 1.807) is 24.8 Å². The lowest BCUT2D eigenvalue weighted by Gasteiger charge is -2.32. The van der Waals surface area contributed by atoms with Crippen LogP contribution in [0.25, 0.3) is 33.8 Å². The van der Waals surface area contributed by atoms with E-state index in [1.807, 2.05) is 0 Å². The highest BCUT2D eigenvalue weighted by atomic mass is 19.1. The van der Waals surface area contributed by atoms with Gasteiger partial charge in [0, 0.05) is 43.1 Å². The zero-order chi connectivity index (χ0) is 25.6. The molecule has 0 saturated carbocycles. The van der Waals surface area contributed by atoms with E-state index in [9.17, 15) is 18.0 Å². The number of benzene rings is 2. The molecule has 4 aromatic rings. The Morgan fingerprint density at radius 2 is 1.72 bits per heavy atom. The van der Waals surface area contributed by atoms with E-state index in [0.717, 1.165) is 30.5 Å². The van der Waals surface area contributed by atoms with Gasteiger partial charge < -0.3 is 4.90 Å². The number of hydrogen-bond acceptors (Lipinski definition) is 5. The third-order valence-corrected chi connectivity index (χ3v) is 6.65. The molecule has 6 nitrogen and oxygen atoms in total. The summed E-state index contributed by atoms with van der Waals surface area (Å²) < 4.78 is 43.2. The first-order chi connectivity index (χ1) is 17.2. The molecule has 1 fully saturated rings. The molecule has 1 amide bonds. The van der Waals surface area contributed by atoms with Crippen LogP contribution in [0.4, 0.5) is 13.2 Å². The monoisotopic (exact) mass is 491 g/mol. The van der Waals surface area contributed by atoms with Crippen molar-refractivity contribution in [2.45, 2.75) is 39.5 Å². The normalized spacial score (nSPS) is 15.9. The number of aromatic nitrogens is 4. The lowest BCUT2D eigenvalue weighted by atomic mass is 9.89. The molecule has 1 aliphatic heterocycles. The number of nitrogens with zero attached hydrogens (tertiary/aromatic N) is 5. The summed E-state index contributed by atoms with van der Waals surface area (Å²) in [6.45, 7) is 6.28. The highest BCUT2D eigenvalue weighted by molar-refractivity contribution is 5.88. The zero-order valence-electron chi connectivity index (χ0n) is 20.1. The highest BCUT2D eigenvalue weighted by Crippen LogP contribution is 2.33. The van der Waals surface area contributed by atoms with Gasteiger partial charge in [-0.3, -0.25) is 4.79 Å². The van der Waals surface area contributed by atoms with Crippen molar-refractivity contribution < 1.29 is 18.0 Å². The standard InChI is InChI=1S/C27H24F3N5O/c1-14-15(2)32-27-25(31-14)24(22-7-6-20(28)12-23(22)30)33-26(34-27)19-9-18(10-21(29)11-19)17-5-4-8-35(13-17)16(3)36/h6-7,9-12,17H,4-5,8,13H2,1-3H3. The Kier molecular flexibility index (Phi) is 6.15. The van der Waals surface area contributed by atoms with Crippen molar-refractivity contribution >= 4 is 17.1 Å². The molecular formula is C27H24F3N5O. The number of likely N-dealkylation sites (tertiary alicyclic amines) is 1. The minimum absolute atomic E-state index is 0.00982. The van der Waals surface area contributed by atoms with Gasteiger partial charge in [0.05, 0.1) is 11.4 Å². The van der Waals surface area contributed by atoms with Gasteiger partial charge in [-0.15, -0.1) is 0 Å². The second-order valence-corrected chi connectivity index (χ2v) is 9.16. The van der Waals surface area contributed by atoms with Crippen LogP contribution < -0.4 is 0 Å². The number of carbonyl (C=O) groups excluding carboxylic acids is 1. The van der Waals surface area contributed by atoms with Crippen LogP contribution in [0.2, 0.25) is 0 Å². The largest absolute Gasteiger partial charge is 0.342 e. The summed E-state index contributed by atoms with van der Waals surface area (Å²) in [6, 6.07) is 7.80. The lowest BCUT2D eigenvalue weighted by molar-refractivity contribution is -0.130. The smallest absolute Gasteiger partial charge is 0.219 e. The fourth-order valence-corrected chi connectivity index (χ4v) is 4.62. The van der Waals surface area contributed by atoms with Crippen LogP contribution in [0.15, 0.2) is 36.4 Å². The topological polar surface area (TPSA) is 71.9 Å². The molecule has 36 heavy (non-hydrogen) atoms. The van der Waals surface area contributed by atoms with Crippen molar-refractivity contribution in [1.82, 2.24) is 24.8 Å². The molecule has 9 heteroatoms. The van der Waals surface area contributed by atoms with Crippen molar-refractivity contribution in [2.24, 2.45) is 0 Å². The van der Waals surface area contributed by atoms with Crippen molar-refractivity contribution in [3.05, 3.63) is 70.8 Å². The SMILES string of the molecule is CC(=O)N1CCCC(c2cc(F)cc(-c3nc(-c4ccc(F)cc4F)c4nc(C)c(C)nc4n3)c2)C1. The molecule has 2 aromatic heterocycles. The summed E-state index contributed by atoms with van der Waals surface area (Å²) in [5, 5.41) is 0. The van der Waals surface area contributed by atoms with Gasteiger partial charge in [0.25, 0.3) is 0 Å². The summed E-state index contributed by atoms with van der Waals surface area (Å²) in [7, 11) is 0. The average molecular weight is 492 g/mol. The molecular weight excluding hydrogens is 467 g/mol. The van der Waals surface area contributed by atoms with Gasteiger partial charge >= 0.3 is 0 Å². The van der Waals surface area contributed by atoms with Crippen molar-refractivity contribution in [3.63, 3.8) is 0 Å². The Morgan fingerprint density at radius 3 is 2.47 bits per heavy atom. The van der Waals surface area contributed by atoms with E-state index >= 15 is 0 Å². The van der Waals surface area contributed by atoms with Crippen LogP contribution in [-0.2, 0) is 4.79 Å². The third-order valence-electron chi connectivity index (χ3n) is 6.65. The predicted octanol–water partition coefficient (Wildman–Crippen LogP) is 5.51. The lowest BCUT2D eigenvalue weighted by Crippen LogP contribution is -2.37. The molecule has 2 aromatic carbocycles. The molecule has 0 spiro atoms. The van der Waals surface area contributed by atoms with Gasteiger partial charge in [-0.05, 0) is 62.6 Å². The van der Waals surface area contributed by atoms with E-state index in [2.05, 4.69) is 19.9 Å². The van der Waals surface area contributed by atoms with E-state index < -0.39 is 17.5 Å². The van der Waals surface area contributed by atoms with Crippen LogP contribution in [0.3, 0.4) is 0 Å². The van der Waals surface area contributed by atoms with E-state index in [0.29, 0.717) is 30.0 Å². The average Bonchev–Trinajstić information content (AvgIpc) is 2.84. The molecule has 0 bridgehead atoms. The number of rotatable bonds is 3. The Bertz CT molecular complexity index is 1510. The van der Waals surface area contributed by atoms with E-state index in [4.69, 9.17) is 0 Å². The Balaban J connectivity index is 1.67. The van der Waals surface area contributed by atoms with Crippen molar-refractivity contribution in [2.75, 3.05) is 13.1 Å². The summed E-state index contributed by atoms with van der Waals surface area (Å²) in [5.41, 5.74) is 3.10. The van der Waals surface area contributed by atoms with Gasteiger partial charge in [0.1, 0.15) is 28.7 Å². The first-order valence-electron chi connectivity index (χ1n) is 11.7. The summed E-state index contributed by atoms with van der Waals surface area (Å²) in [4.78, 5) is 31.8. The second kappa shape index (κ2) is 9.29. The van der Waals surface area contributed by atoms with Crippen LogP contribution in [-0.4, -0.2) is 43.8 Å². The van der Waals surface area contributed by atoms with Gasteiger partial charge in [-0.2, -0.15) is 0 Å². The van der Waals surface area contributed by atoms with E-state index in [-0.39, 0.29) is 40.1 Å². The third kappa shape index (κ3) is 4.53. The molecule has 5 rings (SSSR count). The van der Waals surface area contributed by atoms with Crippen LogP contribution in [0, 0.1) is 31.3 Å². The first kappa shape index (κ1) is 23.8.